The molecular formula is C26H24Cl2N6O2. The topological polar surface area (TPSA) is 122 Å². The summed E-state index contributed by atoms with van der Waals surface area (Å²) in [5.74, 6) is 0.222. The van der Waals surface area contributed by atoms with E-state index in [2.05, 4.69) is 33.3 Å². The van der Waals surface area contributed by atoms with Crippen LogP contribution >= 0.6 is 23.2 Å². The lowest BCUT2D eigenvalue weighted by atomic mass is 9.82. The van der Waals surface area contributed by atoms with Crippen LogP contribution in [0.5, 0.6) is 0 Å². The zero-order chi connectivity index (χ0) is 25.0. The Morgan fingerprint density at radius 2 is 1.97 bits per heavy atom. The van der Waals surface area contributed by atoms with Crippen molar-refractivity contribution in [2.24, 2.45) is 5.92 Å². The number of nitrogen functional groups attached to an aromatic ring is 1. The third-order valence-corrected chi connectivity index (χ3v) is 7.99. The van der Waals surface area contributed by atoms with E-state index in [1.54, 1.807) is 10.6 Å². The van der Waals surface area contributed by atoms with E-state index in [1.807, 2.05) is 12.1 Å². The van der Waals surface area contributed by atoms with Crippen LogP contribution in [0.1, 0.15) is 66.6 Å². The summed E-state index contributed by atoms with van der Waals surface area (Å²) in [6.45, 7) is 0. The fourth-order valence-electron chi connectivity index (χ4n) is 5.58. The van der Waals surface area contributed by atoms with Gasteiger partial charge in [-0.1, -0.05) is 35.4 Å². The lowest BCUT2D eigenvalue weighted by Crippen LogP contribution is -2.21. The predicted molar refractivity (Wildman–Crippen MR) is 139 cm³/mol. The molecule has 0 spiro atoms. The molecule has 3 aromatic heterocycles. The smallest absolute Gasteiger partial charge is 0.306 e. The number of carbonyl (C=O) groups is 1. The summed E-state index contributed by atoms with van der Waals surface area (Å²) < 4.78 is 1.77. The quantitative estimate of drug-likeness (QED) is 0.306. The van der Waals surface area contributed by atoms with Crippen molar-refractivity contribution in [2.45, 2.75) is 43.9 Å². The highest BCUT2D eigenvalue weighted by atomic mass is 35.5. The molecule has 4 aromatic rings. The SMILES string of the molecule is Nc1ncnn2c(C3CCC(C(=O)O)CC3)nc(-c3cc4c([nH]3)C(c3cc(Cl)ccc3Cl)CC=C4)c12. The highest BCUT2D eigenvalue weighted by molar-refractivity contribution is 6.33. The first-order chi connectivity index (χ1) is 17.4. The Bertz CT molecular complexity index is 1520. The van der Waals surface area contributed by atoms with Crippen molar-refractivity contribution in [3.05, 3.63) is 69.4 Å². The van der Waals surface area contributed by atoms with Gasteiger partial charge in [0.2, 0.25) is 0 Å². The molecule has 36 heavy (non-hydrogen) atoms. The number of nitrogens with two attached hydrogens (primary N) is 1. The Morgan fingerprint density at radius 1 is 1.17 bits per heavy atom. The Balaban J connectivity index is 1.43. The van der Waals surface area contributed by atoms with E-state index in [4.69, 9.17) is 33.9 Å². The van der Waals surface area contributed by atoms with Crippen LogP contribution in [0.3, 0.4) is 0 Å². The van der Waals surface area contributed by atoms with Gasteiger partial charge in [0.05, 0.1) is 11.6 Å². The second-order valence-electron chi connectivity index (χ2n) is 9.52. The number of imidazole rings is 1. The molecule has 1 atom stereocenters. The van der Waals surface area contributed by atoms with Gasteiger partial charge in [-0.15, -0.1) is 0 Å². The first-order valence-electron chi connectivity index (χ1n) is 12.0. The standard InChI is InChI=1S/C26H24Cl2N6O2/c27-16-8-9-19(28)18(11-16)17-3-1-2-15-10-20(32-21(15)17)22-23-24(29)30-12-31-34(23)25(33-22)13-4-6-14(7-5-13)26(35)36/h1-2,8-14,17,32H,3-7H2,(H,35,36)(H2,29,30,31). The van der Waals surface area contributed by atoms with Crippen molar-refractivity contribution in [1.82, 2.24) is 24.6 Å². The molecule has 1 unspecified atom stereocenters. The number of aromatic amines is 1. The molecule has 8 nitrogen and oxygen atoms in total. The number of hydrogen-bond acceptors (Lipinski definition) is 5. The molecule has 0 bridgehead atoms. The van der Waals surface area contributed by atoms with E-state index >= 15 is 0 Å². The molecule has 1 fully saturated rings. The number of aromatic nitrogens is 5. The van der Waals surface area contributed by atoms with Gasteiger partial charge in [-0.2, -0.15) is 5.10 Å². The maximum atomic E-state index is 11.4. The van der Waals surface area contributed by atoms with E-state index < -0.39 is 5.97 Å². The molecular weight excluding hydrogens is 499 g/mol. The zero-order valence-corrected chi connectivity index (χ0v) is 20.8. The van der Waals surface area contributed by atoms with E-state index in [-0.39, 0.29) is 17.8 Å². The first kappa shape index (κ1) is 23.1. The van der Waals surface area contributed by atoms with Gasteiger partial charge in [0.25, 0.3) is 0 Å². The molecule has 0 saturated heterocycles. The third kappa shape index (κ3) is 3.85. The number of nitrogens with one attached hydrogen (secondary N) is 1. The number of nitrogens with zero attached hydrogens (tertiary/aromatic N) is 4. The van der Waals surface area contributed by atoms with Crippen molar-refractivity contribution in [1.29, 1.82) is 0 Å². The fourth-order valence-corrected chi connectivity index (χ4v) is 6.01. The minimum atomic E-state index is -0.729. The number of H-pyrrole nitrogens is 1. The summed E-state index contributed by atoms with van der Waals surface area (Å²) in [5.41, 5.74) is 11.5. The van der Waals surface area contributed by atoms with Crippen LogP contribution in [0, 0.1) is 5.92 Å². The number of allylic oxidation sites excluding steroid dienone is 1. The molecule has 1 saturated carbocycles. The molecule has 2 aliphatic carbocycles. The molecule has 0 radical (unpaired) electrons. The summed E-state index contributed by atoms with van der Waals surface area (Å²) in [6, 6.07) is 7.60. The van der Waals surface area contributed by atoms with Gasteiger partial charge in [-0.05, 0) is 67.5 Å². The highest BCUT2D eigenvalue weighted by Crippen LogP contribution is 2.42. The Kier molecular flexibility index (Phi) is 5.73. The minimum absolute atomic E-state index is 0.0261. The molecule has 3 heterocycles. The number of aliphatic carboxylic acids is 1. The van der Waals surface area contributed by atoms with E-state index in [0.29, 0.717) is 39.9 Å². The normalized spacial score (nSPS) is 21.6. The Labute approximate surface area is 217 Å². The summed E-state index contributed by atoms with van der Waals surface area (Å²) in [7, 11) is 0. The van der Waals surface area contributed by atoms with Crippen LogP contribution in [-0.4, -0.2) is 35.6 Å². The monoisotopic (exact) mass is 522 g/mol. The maximum Gasteiger partial charge on any atom is 0.306 e. The highest BCUT2D eigenvalue weighted by Gasteiger charge is 2.32. The number of hydrogen-bond donors (Lipinski definition) is 3. The van der Waals surface area contributed by atoms with Crippen molar-refractivity contribution in [3.8, 4) is 11.4 Å². The number of benzene rings is 1. The number of carboxylic acid groups (broad SMARTS) is 1. The largest absolute Gasteiger partial charge is 0.481 e. The number of rotatable bonds is 4. The minimum Gasteiger partial charge on any atom is -0.481 e. The van der Waals surface area contributed by atoms with Crippen LogP contribution in [0.4, 0.5) is 5.82 Å². The second kappa shape index (κ2) is 8.94. The van der Waals surface area contributed by atoms with Crippen LogP contribution < -0.4 is 5.73 Å². The predicted octanol–water partition coefficient (Wildman–Crippen LogP) is 5.92. The second-order valence-corrected chi connectivity index (χ2v) is 10.4. The number of fused-ring (bicyclic) bond motifs is 2. The average molecular weight is 523 g/mol. The van der Waals surface area contributed by atoms with Crippen molar-refractivity contribution in [3.63, 3.8) is 0 Å². The van der Waals surface area contributed by atoms with Gasteiger partial charge in [0.1, 0.15) is 23.4 Å². The van der Waals surface area contributed by atoms with Crippen molar-refractivity contribution >= 4 is 46.6 Å². The zero-order valence-electron chi connectivity index (χ0n) is 19.3. The molecule has 10 heteroatoms. The van der Waals surface area contributed by atoms with Gasteiger partial charge < -0.3 is 15.8 Å². The van der Waals surface area contributed by atoms with Gasteiger partial charge in [-0.3, -0.25) is 4.79 Å². The third-order valence-electron chi connectivity index (χ3n) is 7.41. The average Bonchev–Trinajstić information content (AvgIpc) is 3.48. The molecule has 4 N–H and O–H groups in total. The van der Waals surface area contributed by atoms with Gasteiger partial charge >= 0.3 is 5.97 Å². The van der Waals surface area contributed by atoms with Crippen LogP contribution in [0.15, 0.2) is 36.7 Å². The van der Waals surface area contributed by atoms with Crippen LogP contribution in [-0.2, 0) is 4.79 Å². The maximum absolute atomic E-state index is 11.4. The van der Waals surface area contributed by atoms with Crippen LogP contribution in [0.25, 0.3) is 23.0 Å². The van der Waals surface area contributed by atoms with Gasteiger partial charge in [0, 0.05) is 27.6 Å². The fraction of sp³-hybridized carbons (Fsp3) is 0.308. The summed E-state index contributed by atoms with van der Waals surface area (Å²) in [6.07, 6.45) is 9.16. The van der Waals surface area contributed by atoms with Gasteiger partial charge in [0.15, 0.2) is 5.82 Å². The molecule has 6 rings (SSSR count). The van der Waals surface area contributed by atoms with Crippen molar-refractivity contribution in [2.75, 3.05) is 5.73 Å². The lowest BCUT2D eigenvalue weighted by Gasteiger charge is -2.24. The molecule has 184 valence electrons. The van der Waals surface area contributed by atoms with E-state index in [1.165, 1.54) is 6.33 Å². The number of anilines is 1. The Hall–Kier alpha value is -3.36. The van der Waals surface area contributed by atoms with Gasteiger partial charge in [-0.25, -0.2) is 14.5 Å². The molecule has 1 aromatic carbocycles. The molecule has 0 amide bonds. The van der Waals surface area contributed by atoms with E-state index in [9.17, 15) is 9.90 Å². The summed E-state index contributed by atoms with van der Waals surface area (Å²) in [5, 5.41) is 15.2. The number of halogens is 2. The molecule has 0 aliphatic heterocycles. The lowest BCUT2D eigenvalue weighted by molar-refractivity contribution is -0.142. The molecule has 2 aliphatic rings. The van der Waals surface area contributed by atoms with Crippen LogP contribution in [0.2, 0.25) is 10.0 Å². The number of carboxylic acids is 1. The summed E-state index contributed by atoms with van der Waals surface area (Å²) >= 11 is 12.8. The Morgan fingerprint density at radius 3 is 2.75 bits per heavy atom. The van der Waals surface area contributed by atoms with Crippen molar-refractivity contribution < 1.29 is 9.90 Å². The summed E-state index contributed by atoms with van der Waals surface area (Å²) in [4.78, 5) is 24.2. The first-order valence-corrected chi connectivity index (χ1v) is 12.7. The van der Waals surface area contributed by atoms with E-state index in [0.717, 1.165) is 47.6 Å².